The van der Waals surface area contributed by atoms with Crippen LogP contribution in [-0.4, -0.2) is 31.0 Å². The molecule has 1 aromatic rings. The number of carboxylic acid groups (broad SMARTS) is 1. The zero-order valence-corrected chi connectivity index (χ0v) is 11.3. The van der Waals surface area contributed by atoms with Gasteiger partial charge in [0.05, 0.1) is 19.1 Å². The number of methoxy groups -OCH3 is 2. The lowest BCUT2D eigenvalue weighted by Gasteiger charge is -2.26. The molecule has 1 aromatic carbocycles. The molecule has 1 aliphatic heterocycles. The SMILES string of the molecule is COc1ccc(OC)c2c1CC(CC(=O)O)CS2. The van der Waals surface area contributed by atoms with E-state index in [4.69, 9.17) is 14.6 Å². The van der Waals surface area contributed by atoms with Crippen LogP contribution >= 0.6 is 11.8 Å². The molecule has 1 atom stereocenters. The van der Waals surface area contributed by atoms with E-state index < -0.39 is 5.97 Å². The molecule has 0 aliphatic carbocycles. The van der Waals surface area contributed by atoms with Gasteiger partial charge in [0.1, 0.15) is 11.5 Å². The van der Waals surface area contributed by atoms with Gasteiger partial charge in [0, 0.05) is 17.7 Å². The van der Waals surface area contributed by atoms with E-state index in [1.165, 1.54) is 0 Å². The Hall–Kier alpha value is -1.36. The molecule has 0 saturated carbocycles. The van der Waals surface area contributed by atoms with E-state index in [1.807, 2.05) is 12.1 Å². The fourth-order valence-corrected chi connectivity index (χ4v) is 3.51. The number of rotatable bonds is 4. The molecule has 0 fully saturated rings. The normalized spacial score (nSPS) is 18.0. The van der Waals surface area contributed by atoms with Gasteiger partial charge >= 0.3 is 5.97 Å². The number of aliphatic carboxylic acids is 1. The molecule has 5 heteroatoms. The van der Waals surface area contributed by atoms with Crippen molar-refractivity contribution in [1.29, 1.82) is 0 Å². The van der Waals surface area contributed by atoms with Crippen LogP contribution in [-0.2, 0) is 11.2 Å². The number of thioether (sulfide) groups is 1. The van der Waals surface area contributed by atoms with Gasteiger partial charge in [-0.15, -0.1) is 11.8 Å². The van der Waals surface area contributed by atoms with Crippen LogP contribution in [0.5, 0.6) is 11.5 Å². The van der Waals surface area contributed by atoms with Gasteiger partial charge in [-0.1, -0.05) is 0 Å². The smallest absolute Gasteiger partial charge is 0.303 e. The summed E-state index contributed by atoms with van der Waals surface area (Å²) < 4.78 is 10.7. The summed E-state index contributed by atoms with van der Waals surface area (Å²) in [6.07, 6.45) is 0.932. The Morgan fingerprint density at radius 2 is 2.06 bits per heavy atom. The van der Waals surface area contributed by atoms with Crippen LogP contribution in [0.15, 0.2) is 17.0 Å². The van der Waals surface area contributed by atoms with Crippen molar-refractivity contribution >= 4 is 17.7 Å². The van der Waals surface area contributed by atoms with Crippen LogP contribution < -0.4 is 9.47 Å². The standard InChI is InChI=1S/C13H16O4S/c1-16-10-3-4-11(17-2)13-9(10)5-8(7-18-13)6-12(14)15/h3-4,8H,5-7H2,1-2H3,(H,14,15). The van der Waals surface area contributed by atoms with Crippen molar-refractivity contribution in [3.63, 3.8) is 0 Å². The van der Waals surface area contributed by atoms with E-state index >= 15 is 0 Å². The van der Waals surface area contributed by atoms with Crippen molar-refractivity contribution in [2.24, 2.45) is 5.92 Å². The first kappa shape index (κ1) is 13.1. The molecule has 4 nitrogen and oxygen atoms in total. The summed E-state index contributed by atoms with van der Waals surface area (Å²) in [7, 11) is 3.28. The summed E-state index contributed by atoms with van der Waals surface area (Å²) in [6, 6.07) is 3.77. The minimum Gasteiger partial charge on any atom is -0.496 e. The molecule has 1 N–H and O–H groups in total. The minimum atomic E-state index is -0.745. The van der Waals surface area contributed by atoms with Crippen LogP contribution in [0.1, 0.15) is 12.0 Å². The third-order valence-corrected chi connectivity index (χ3v) is 4.42. The molecule has 0 bridgehead atoms. The summed E-state index contributed by atoms with van der Waals surface area (Å²) in [5.41, 5.74) is 1.07. The van der Waals surface area contributed by atoms with Gasteiger partial charge in [0.15, 0.2) is 0 Å². The number of carboxylic acids is 1. The molecule has 1 heterocycles. The second kappa shape index (κ2) is 5.52. The molecule has 98 valence electrons. The molecule has 1 unspecified atom stereocenters. The van der Waals surface area contributed by atoms with Gasteiger partial charge in [-0.25, -0.2) is 0 Å². The predicted octanol–water partition coefficient (Wildman–Crippen LogP) is 2.44. The molecular formula is C13H16O4S. The third kappa shape index (κ3) is 2.56. The first-order valence-electron chi connectivity index (χ1n) is 5.74. The Bertz CT molecular complexity index is 459. The summed E-state index contributed by atoms with van der Waals surface area (Å²) in [5, 5.41) is 8.88. The minimum absolute atomic E-state index is 0.154. The molecule has 1 aliphatic rings. The Kier molecular flexibility index (Phi) is 4.01. The second-order valence-corrected chi connectivity index (χ2v) is 5.29. The van der Waals surface area contributed by atoms with Crippen molar-refractivity contribution < 1.29 is 19.4 Å². The van der Waals surface area contributed by atoms with Gasteiger partial charge in [-0.05, 0) is 24.5 Å². The van der Waals surface area contributed by atoms with Crippen molar-refractivity contribution in [2.75, 3.05) is 20.0 Å². The average molecular weight is 268 g/mol. The summed E-state index contributed by atoms with van der Waals surface area (Å²) in [6.45, 7) is 0. The number of ether oxygens (including phenoxy) is 2. The van der Waals surface area contributed by atoms with Crippen molar-refractivity contribution in [1.82, 2.24) is 0 Å². The topological polar surface area (TPSA) is 55.8 Å². The Morgan fingerprint density at radius 1 is 1.39 bits per heavy atom. The summed E-state index contributed by atoms with van der Waals surface area (Å²) in [4.78, 5) is 11.9. The highest BCUT2D eigenvalue weighted by Gasteiger charge is 2.26. The van der Waals surface area contributed by atoms with E-state index in [1.54, 1.807) is 26.0 Å². The van der Waals surface area contributed by atoms with Crippen LogP contribution in [0.2, 0.25) is 0 Å². The molecular weight excluding hydrogens is 252 g/mol. The number of fused-ring (bicyclic) bond motifs is 1. The van der Waals surface area contributed by atoms with Gasteiger partial charge in [0.25, 0.3) is 0 Å². The summed E-state index contributed by atoms with van der Waals surface area (Å²) in [5.74, 6) is 1.87. The van der Waals surface area contributed by atoms with Crippen molar-refractivity contribution in [3.8, 4) is 11.5 Å². The lowest BCUT2D eigenvalue weighted by molar-refractivity contribution is -0.137. The Balaban J connectivity index is 2.31. The molecule has 18 heavy (non-hydrogen) atoms. The zero-order chi connectivity index (χ0) is 13.1. The molecule has 0 radical (unpaired) electrons. The van der Waals surface area contributed by atoms with Crippen LogP contribution in [0.3, 0.4) is 0 Å². The number of carbonyl (C=O) groups is 1. The third-order valence-electron chi connectivity index (χ3n) is 3.04. The average Bonchev–Trinajstić information content (AvgIpc) is 2.36. The number of hydrogen-bond donors (Lipinski definition) is 1. The van der Waals surface area contributed by atoms with Crippen molar-refractivity contribution in [2.45, 2.75) is 17.7 Å². The van der Waals surface area contributed by atoms with Gasteiger partial charge in [0.2, 0.25) is 0 Å². The van der Waals surface area contributed by atoms with E-state index in [2.05, 4.69) is 0 Å². The first-order chi connectivity index (χ1) is 8.65. The highest BCUT2D eigenvalue weighted by molar-refractivity contribution is 7.99. The second-order valence-electron chi connectivity index (χ2n) is 4.26. The first-order valence-corrected chi connectivity index (χ1v) is 6.72. The zero-order valence-electron chi connectivity index (χ0n) is 10.4. The highest BCUT2D eigenvalue weighted by atomic mass is 32.2. The largest absolute Gasteiger partial charge is 0.496 e. The van der Waals surface area contributed by atoms with Gasteiger partial charge in [-0.3, -0.25) is 4.79 Å². The molecule has 2 rings (SSSR count). The van der Waals surface area contributed by atoms with E-state index in [0.29, 0.717) is 0 Å². The van der Waals surface area contributed by atoms with Gasteiger partial charge in [-0.2, -0.15) is 0 Å². The molecule has 0 amide bonds. The van der Waals surface area contributed by atoms with Gasteiger partial charge < -0.3 is 14.6 Å². The maximum absolute atomic E-state index is 10.8. The van der Waals surface area contributed by atoms with Crippen molar-refractivity contribution in [3.05, 3.63) is 17.7 Å². The number of benzene rings is 1. The molecule has 0 aromatic heterocycles. The predicted molar refractivity (Wildman–Crippen MR) is 69.7 cm³/mol. The fraction of sp³-hybridized carbons (Fsp3) is 0.462. The summed E-state index contributed by atoms with van der Waals surface area (Å²) >= 11 is 1.65. The Labute approximate surface area is 110 Å². The molecule has 0 spiro atoms. The number of hydrogen-bond acceptors (Lipinski definition) is 4. The maximum Gasteiger partial charge on any atom is 0.303 e. The monoisotopic (exact) mass is 268 g/mol. The Morgan fingerprint density at radius 3 is 2.67 bits per heavy atom. The quantitative estimate of drug-likeness (QED) is 0.909. The van der Waals surface area contributed by atoms with E-state index in [9.17, 15) is 4.79 Å². The maximum atomic E-state index is 10.8. The van der Waals surface area contributed by atoms with Crippen LogP contribution in [0.25, 0.3) is 0 Å². The lowest BCUT2D eigenvalue weighted by atomic mass is 9.96. The van der Waals surface area contributed by atoms with E-state index in [0.717, 1.165) is 34.1 Å². The van der Waals surface area contributed by atoms with Crippen LogP contribution in [0, 0.1) is 5.92 Å². The highest BCUT2D eigenvalue weighted by Crippen LogP contribution is 2.44. The lowest BCUT2D eigenvalue weighted by Crippen LogP contribution is -2.18. The molecule has 0 saturated heterocycles. The van der Waals surface area contributed by atoms with Crippen LogP contribution in [0.4, 0.5) is 0 Å². The van der Waals surface area contributed by atoms with E-state index in [-0.39, 0.29) is 12.3 Å². The fourth-order valence-electron chi connectivity index (χ4n) is 2.22.